The lowest BCUT2D eigenvalue weighted by Crippen LogP contribution is -2.17. The Morgan fingerprint density at radius 2 is 1.85 bits per heavy atom. The number of aryl methyl sites for hydroxylation is 1. The van der Waals surface area contributed by atoms with Gasteiger partial charge in [-0.3, -0.25) is 4.79 Å². The molecular weight excluding hydrogens is 262 g/mol. The third-order valence-corrected chi connectivity index (χ3v) is 2.66. The highest BCUT2D eigenvalue weighted by Gasteiger charge is 2.06. The Morgan fingerprint density at radius 3 is 2.55 bits per heavy atom. The third kappa shape index (κ3) is 3.26. The second-order valence-electron chi connectivity index (χ2n) is 4.21. The lowest BCUT2D eigenvalue weighted by Gasteiger charge is -2.01. The highest BCUT2D eigenvalue weighted by Crippen LogP contribution is 2.09. The first-order valence-corrected chi connectivity index (χ1v) is 5.92. The Kier molecular flexibility index (Phi) is 4.20. The summed E-state index contributed by atoms with van der Waals surface area (Å²) in [5, 5.41) is 3.61. The van der Waals surface area contributed by atoms with Gasteiger partial charge >= 0.3 is 0 Å². The van der Waals surface area contributed by atoms with Crippen LogP contribution in [-0.2, 0) is 0 Å². The van der Waals surface area contributed by atoms with Gasteiger partial charge in [-0.2, -0.15) is 5.10 Å². The zero-order valence-electron chi connectivity index (χ0n) is 10.7. The molecule has 0 aliphatic rings. The summed E-state index contributed by atoms with van der Waals surface area (Å²) in [6.07, 6.45) is 1.06. The maximum absolute atomic E-state index is 13.3. The van der Waals surface area contributed by atoms with Crippen LogP contribution in [0.15, 0.2) is 47.6 Å². The van der Waals surface area contributed by atoms with E-state index in [-0.39, 0.29) is 5.56 Å². The second kappa shape index (κ2) is 6.06. The van der Waals surface area contributed by atoms with E-state index in [1.807, 2.05) is 6.92 Å². The third-order valence-electron chi connectivity index (χ3n) is 2.66. The highest BCUT2D eigenvalue weighted by molar-refractivity contribution is 5.94. The fourth-order valence-corrected chi connectivity index (χ4v) is 1.55. The molecule has 2 aromatic carbocycles. The minimum atomic E-state index is -0.999. The van der Waals surface area contributed by atoms with Gasteiger partial charge in [0.1, 0.15) is 0 Å². The smallest absolute Gasteiger partial charge is 0.267 e. The molecule has 1 N–H and O–H groups in total. The number of hydrogen-bond donors (Lipinski definition) is 1. The largest absolute Gasteiger partial charge is 0.271 e. The van der Waals surface area contributed by atoms with Gasteiger partial charge in [0.25, 0.3) is 5.91 Å². The summed E-state index contributed by atoms with van der Waals surface area (Å²) in [6, 6.07) is 10.6. The summed E-state index contributed by atoms with van der Waals surface area (Å²) < 4.78 is 26.3. The molecule has 1 amide bonds. The van der Waals surface area contributed by atoms with Crippen molar-refractivity contribution in [2.45, 2.75) is 6.92 Å². The Bertz CT molecular complexity index is 651. The maximum Gasteiger partial charge on any atom is 0.271 e. The van der Waals surface area contributed by atoms with E-state index < -0.39 is 17.5 Å². The van der Waals surface area contributed by atoms with Crippen LogP contribution in [0, 0.1) is 18.6 Å². The van der Waals surface area contributed by atoms with Crippen molar-refractivity contribution in [2.75, 3.05) is 0 Å². The Morgan fingerprint density at radius 1 is 1.15 bits per heavy atom. The van der Waals surface area contributed by atoms with Crippen molar-refractivity contribution in [1.82, 2.24) is 5.43 Å². The monoisotopic (exact) mass is 274 g/mol. The van der Waals surface area contributed by atoms with Gasteiger partial charge in [0.2, 0.25) is 0 Å². The maximum atomic E-state index is 13.3. The van der Waals surface area contributed by atoms with Crippen molar-refractivity contribution in [3.05, 3.63) is 70.8 Å². The fourth-order valence-electron chi connectivity index (χ4n) is 1.55. The average Bonchev–Trinajstić information content (AvgIpc) is 2.44. The summed E-state index contributed by atoms with van der Waals surface area (Å²) in [4.78, 5) is 11.7. The van der Waals surface area contributed by atoms with Crippen LogP contribution in [0.1, 0.15) is 21.5 Å². The molecule has 0 atom stereocenters. The molecule has 0 aromatic heterocycles. The van der Waals surface area contributed by atoms with Gasteiger partial charge in [0.05, 0.1) is 6.21 Å². The molecule has 0 heterocycles. The molecule has 0 saturated heterocycles. The van der Waals surface area contributed by atoms with Crippen molar-refractivity contribution in [3.63, 3.8) is 0 Å². The van der Waals surface area contributed by atoms with Crippen LogP contribution in [-0.4, -0.2) is 12.1 Å². The van der Waals surface area contributed by atoms with Crippen LogP contribution in [0.5, 0.6) is 0 Å². The standard InChI is InChI=1S/C15H12F2N2O/c1-10-5-7-11(8-6-10)15(20)19-18-9-12-3-2-4-13(16)14(12)17/h2-9H,1H3,(H,19,20). The summed E-state index contributed by atoms with van der Waals surface area (Å²) in [6.45, 7) is 1.91. The molecule has 3 nitrogen and oxygen atoms in total. The number of benzene rings is 2. The number of nitrogens with zero attached hydrogens (tertiary/aromatic N) is 1. The van der Waals surface area contributed by atoms with E-state index >= 15 is 0 Å². The Hall–Kier alpha value is -2.56. The first kappa shape index (κ1) is 13.9. The summed E-state index contributed by atoms with van der Waals surface area (Å²) >= 11 is 0. The van der Waals surface area contributed by atoms with Gasteiger partial charge in [0.15, 0.2) is 11.6 Å². The van der Waals surface area contributed by atoms with Crippen LogP contribution in [0.3, 0.4) is 0 Å². The van der Waals surface area contributed by atoms with Crippen LogP contribution < -0.4 is 5.43 Å². The molecule has 0 fully saturated rings. The van der Waals surface area contributed by atoms with Crippen LogP contribution in [0.2, 0.25) is 0 Å². The number of hydrazone groups is 1. The molecule has 102 valence electrons. The quantitative estimate of drug-likeness (QED) is 0.678. The predicted molar refractivity (Wildman–Crippen MR) is 72.6 cm³/mol. The minimum Gasteiger partial charge on any atom is -0.267 e. The van der Waals surface area contributed by atoms with Gasteiger partial charge in [-0.25, -0.2) is 14.2 Å². The normalized spacial score (nSPS) is 10.8. The van der Waals surface area contributed by atoms with Gasteiger partial charge < -0.3 is 0 Å². The van der Waals surface area contributed by atoms with E-state index in [1.54, 1.807) is 24.3 Å². The van der Waals surface area contributed by atoms with Crippen LogP contribution in [0.25, 0.3) is 0 Å². The molecule has 0 unspecified atom stereocenters. The van der Waals surface area contributed by atoms with Gasteiger partial charge in [-0.15, -0.1) is 0 Å². The number of nitrogens with one attached hydrogen (secondary N) is 1. The molecule has 0 aliphatic carbocycles. The molecule has 0 radical (unpaired) electrons. The Labute approximate surface area is 114 Å². The van der Waals surface area contributed by atoms with Crippen molar-refractivity contribution in [1.29, 1.82) is 0 Å². The van der Waals surface area contributed by atoms with E-state index in [1.165, 1.54) is 12.1 Å². The molecule has 20 heavy (non-hydrogen) atoms. The lowest BCUT2D eigenvalue weighted by atomic mass is 10.1. The van der Waals surface area contributed by atoms with Gasteiger partial charge in [-0.1, -0.05) is 29.8 Å². The molecule has 0 aliphatic heterocycles. The Balaban J connectivity index is 2.04. The van der Waals surface area contributed by atoms with Crippen LogP contribution >= 0.6 is 0 Å². The second-order valence-corrected chi connectivity index (χ2v) is 4.21. The molecule has 2 aromatic rings. The molecule has 2 rings (SSSR count). The van der Waals surface area contributed by atoms with Crippen molar-refractivity contribution >= 4 is 12.1 Å². The van der Waals surface area contributed by atoms with Gasteiger partial charge in [-0.05, 0) is 25.1 Å². The van der Waals surface area contributed by atoms with E-state index in [0.29, 0.717) is 5.56 Å². The number of rotatable bonds is 3. The zero-order valence-corrected chi connectivity index (χ0v) is 10.7. The van der Waals surface area contributed by atoms with Crippen molar-refractivity contribution in [3.8, 4) is 0 Å². The first-order chi connectivity index (χ1) is 9.58. The molecule has 0 saturated carbocycles. The van der Waals surface area contributed by atoms with Crippen molar-refractivity contribution in [2.24, 2.45) is 5.10 Å². The fraction of sp³-hybridized carbons (Fsp3) is 0.0667. The number of carbonyl (C=O) groups excluding carboxylic acids is 1. The predicted octanol–water partition coefficient (Wildman–Crippen LogP) is 3.04. The molecule has 0 bridgehead atoms. The average molecular weight is 274 g/mol. The minimum absolute atomic E-state index is 0.0331. The van der Waals surface area contributed by atoms with E-state index in [0.717, 1.165) is 17.8 Å². The van der Waals surface area contributed by atoms with E-state index in [2.05, 4.69) is 10.5 Å². The van der Waals surface area contributed by atoms with E-state index in [9.17, 15) is 13.6 Å². The topological polar surface area (TPSA) is 41.5 Å². The molecule has 0 spiro atoms. The highest BCUT2D eigenvalue weighted by atomic mass is 19.2. The SMILES string of the molecule is Cc1ccc(C(=O)NN=Cc2cccc(F)c2F)cc1. The van der Waals surface area contributed by atoms with Gasteiger partial charge in [0, 0.05) is 11.1 Å². The van der Waals surface area contributed by atoms with Crippen molar-refractivity contribution < 1.29 is 13.6 Å². The molecular formula is C15H12F2N2O. The summed E-state index contributed by atoms with van der Waals surface area (Å²) in [5.41, 5.74) is 3.69. The number of hydrogen-bond acceptors (Lipinski definition) is 2. The number of amides is 1. The summed E-state index contributed by atoms with van der Waals surface area (Å²) in [5.74, 6) is -2.38. The lowest BCUT2D eigenvalue weighted by molar-refractivity contribution is 0.0955. The summed E-state index contributed by atoms with van der Waals surface area (Å²) in [7, 11) is 0. The number of halogens is 2. The molecule has 5 heteroatoms. The van der Waals surface area contributed by atoms with E-state index in [4.69, 9.17) is 0 Å². The first-order valence-electron chi connectivity index (χ1n) is 5.92. The van der Waals surface area contributed by atoms with Crippen LogP contribution in [0.4, 0.5) is 8.78 Å². The number of carbonyl (C=O) groups is 1. The zero-order chi connectivity index (χ0) is 14.5.